The molecule has 6 nitrogen and oxygen atoms in total. The van der Waals surface area contributed by atoms with Gasteiger partial charge < -0.3 is 9.47 Å². The molecule has 26 heavy (non-hydrogen) atoms. The van der Waals surface area contributed by atoms with Crippen LogP contribution in [0.15, 0.2) is 54.9 Å². The van der Waals surface area contributed by atoms with Gasteiger partial charge in [0.05, 0.1) is 6.04 Å². The second-order valence-corrected chi connectivity index (χ2v) is 6.99. The quantitative estimate of drug-likeness (QED) is 0.661. The molecule has 0 amide bonds. The van der Waals surface area contributed by atoms with Gasteiger partial charge in [0.25, 0.3) is 0 Å². The Labute approximate surface area is 153 Å². The molecule has 1 unspecified atom stereocenters. The molecule has 1 aromatic carbocycles. The maximum atomic E-state index is 4.57. The summed E-state index contributed by atoms with van der Waals surface area (Å²) in [6, 6.07) is 11.0. The van der Waals surface area contributed by atoms with Crippen molar-refractivity contribution in [3.05, 3.63) is 60.4 Å². The third-order valence-electron chi connectivity index (χ3n) is 4.87. The van der Waals surface area contributed by atoms with Crippen molar-refractivity contribution >= 4 is 5.95 Å². The number of aromatic nitrogens is 5. The van der Waals surface area contributed by atoms with E-state index in [9.17, 15) is 0 Å². The van der Waals surface area contributed by atoms with Gasteiger partial charge in [0.15, 0.2) is 5.82 Å². The third kappa shape index (κ3) is 2.92. The zero-order valence-corrected chi connectivity index (χ0v) is 15.3. The van der Waals surface area contributed by atoms with Crippen molar-refractivity contribution in [2.45, 2.75) is 32.4 Å². The molecule has 1 saturated heterocycles. The lowest BCUT2D eigenvalue weighted by molar-refractivity contribution is 0.669. The van der Waals surface area contributed by atoms with Gasteiger partial charge in [0.1, 0.15) is 0 Å². The lowest BCUT2D eigenvalue weighted by Gasteiger charge is -2.26. The molecule has 1 fully saturated rings. The van der Waals surface area contributed by atoms with Crippen molar-refractivity contribution in [2.75, 3.05) is 11.4 Å². The van der Waals surface area contributed by atoms with E-state index in [2.05, 4.69) is 61.6 Å². The van der Waals surface area contributed by atoms with Crippen LogP contribution < -0.4 is 4.90 Å². The van der Waals surface area contributed by atoms with Crippen molar-refractivity contribution in [3.8, 4) is 11.6 Å². The summed E-state index contributed by atoms with van der Waals surface area (Å²) >= 11 is 0. The molecule has 6 heteroatoms. The van der Waals surface area contributed by atoms with Gasteiger partial charge in [-0.3, -0.25) is 4.57 Å². The van der Waals surface area contributed by atoms with Gasteiger partial charge in [0.2, 0.25) is 11.8 Å². The predicted molar refractivity (Wildman–Crippen MR) is 103 cm³/mol. The number of benzene rings is 1. The molecule has 0 aliphatic carbocycles. The molecule has 0 radical (unpaired) electrons. The fourth-order valence-corrected chi connectivity index (χ4v) is 3.70. The summed E-state index contributed by atoms with van der Waals surface area (Å²) in [5.74, 6) is 2.51. The van der Waals surface area contributed by atoms with Gasteiger partial charge in [-0.05, 0) is 25.3 Å². The number of aryl methyl sites for hydroxylation is 1. The molecule has 1 aliphatic rings. The van der Waals surface area contributed by atoms with Crippen LogP contribution in [0.25, 0.3) is 11.6 Å². The SMILES string of the molecule is C=C(C)Cn1c(-c2nccn2C)nnc1N1CCCC1c1ccccc1. The summed E-state index contributed by atoms with van der Waals surface area (Å²) in [6.07, 6.45) is 5.99. The maximum Gasteiger partial charge on any atom is 0.228 e. The molecule has 4 rings (SSSR count). The van der Waals surface area contributed by atoms with Crippen LogP contribution in [0.3, 0.4) is 0 Å². The van der Waals surface area contributed by atoms with Gasteiger partial charge in [-0.2, -0.15) is 0 Å². The Morgan fingerprint density at radius 1 is 1.19 bits per heavy atom. The van der Waals surface area contributed by atoms with Crippen LogP contribution in [-0.4, -0.2) is 30.9 Å². The van der Waals surface area contributed by atoms with E-state index in [1.54, 1.807) is 6.20 Å². The van der Waals surface area contributed by atoms with Crippen molar-refractivity contribution in [1.82, 2.24) is 24.3 Å². The Balaban J connectivity index is 1.77. The summed E-state index contributed by atoms with van der Waals surface area (Å²) in [5.41, 5.74) is 2.39. The van der Waals surface area contributed by atoms with E-state index in [0.717, 1.165) is 42.6 Å². The van der Waals surface area contributed by atoms with Crippen molar-refractivity contribution in [2.24, 2.45) is 7.05 Å². The Morgan fingerprint density at radius 3 is 2.69 bits per heavy atom. The van der Waals surface area contributed by atoms with Crippen molar-refractivity contribution < 1.29 is 0 Å². The average molecular weight is 348 g/mol. The fourth-order valence-electron chi connectivity index (χ4n) is 3.70. The molecule has 3 aromatic rings. The van der Waals surface area contributed by atoms with Crippen molar-refractivity contribution in [3.63, 3.8) is 0 Å². The molecular weight excluding hydrogens is 324 g/mol. The summed E-state index contributed by atoms with van der Waals surface area (Å²) in [4.78, 5) is 6.84. The highest BCUT2D eigenvalue weighted by Gasteiger charge is 2.31. The maximum absolute atomic E-state index is 4.57. The first kappa shape index (κ1) is 16.6. The Morgan fingerprint density at radius 2 is 2.00 bits per heavy atom. The van der Waals surface area contributed by atoms with Crippen LogP contribution in [-0.2, 0) is 13.6 Å². The van der Waals surface area contributed by atoms with Gasteiger partial charge >= 0.3 is 0 Å². The largest absolute Gasteiger partial charge is 0.334 e. The van der Waals surface area contributed by atoms with Crippen LogP contribution in [0.4, 0.5) is 5.95 Å². The van der Waals surface area contributed by atoms with E-state index in [1.807, 2.05) is 24.7 Å². The van der Waals surface area contributed by atoms with Crippen LogP contribution in [0.5, 0.6) is 0 Å². The summed E-state index contributed by atoms with van der Waals surface area (Å²) in [6.45, 7) is 7.79. The molecule has 2 aromatic heterocycles. The number of nitrogens with zero attached hydrogens (tertiary/aromatic N) is 6. The lowest BCUT2D eigenvalue weighted by atomic mass is 10.1. The van der Waals surface area contributed by atoms with Gasteiger partial charge in [0, 0.05) is 32.5 Å². The first-order valence-electron chi connectivity index (χ1n) is 9.02. The molecule has 0 saturated carbocycles. The van der Waals surface area contributed by atoms with Crippen LogP contribution in [0.1, 0.15) is 31.4 Å². The normalized spacial score (nSPS) is 17.0. The lowest BCUT2D eigenvalue weighted by Crippen LogP contribution is -2.26. The first-order valence-corrected chi connectivity index (χ1v) is 9.02. The van der Waals surface area contributed by atoms with Gasteiger partial charge in [-0.25, -0.2) is 4.98 Å². The molecule has 1 atom stereocenters. The Kier molecular flexibility index (Phi) is 4.32. The van der Waals surface area contributed by atoms with E-state index in [0.29, 0.717) is 12.6 Å². The minimum Gasteiger partial charge on any atom is -0.334 e. The second kappa shape index (κ2) is 6.78. The monoisotopic (exact) mass is 348 g/mol. The molecule has 0 spiro atoms. The zero-order chi connectivity index (χ0) is 18.1. The second-order valence-electron chi connectivity index (χ2n) is 6.99. The topological polar surface area (TPSA) is 51.8 Å². The number of allylic oxidation sites excluding steroid dienone is 1. The average Bonchev–Trinajstić information content (AvgIpc) is 3.34. The highest BCUT2D eigenvalue weighted by Crippen LogP contribution is 2.36. The smallest absolute Gasteiger partial charge is 0.228 e. The molecule has 0 N–H and O–H groups in total. The van der Waals surface area contributed by atoms with Gasteiger partial charge in [-0.15, -0.1) is 10.2 Å². The minimum atomic E-state index is 0.332. The van der Waals surface area contributed by atoms with E-state index >= 15 is 0 Å². The molecule has 3 heterocycles. The Bertz CT molecular complexity index is 908. The summed E-state index contributed by atoms with van der Waals surface area (Å²) in [5, 5.41) is 9.06. The van der Waals surface area contributed by atoms with E-state index < -0.39 is 0 Å². The first-order chi connectivity index (χ1) is 12.6. The minimum absolute atomic E-state index is 0.332. The highest BCUT2D eigenvalue weighted by atomic mass is 15.4. The van der Waals surface area contributed by atoms with E-state index in [-0.39, 0.29) is 0 Å². The van der Waals surface area contributed by atoms with E-state index in [4.69, 9.17) is 0 Å². The number of rotatable bonds is 5. The number of anilines is 1. The number of hydrogen-bond acceptors (Lipinski definition) is 4. The highest BCUT2D eigenvalue weighted by molar-refractivity contribution is 5.51. The molecule has 0 bridgehead atoms. The Hall–Kier alpha value is -2.89. The summed E-state index contributed by atoms with van der Waals surface area (Å²) in [7, 11) is 1.98. The third-order valence-corrected chi connectivity index (χ3v) is 4.87. The van der Waals surface area contributed by atoms with Crippen LogP contribution in [0, 0.1) is 0 Å². The standard InChI is InChI=1S/C20H24N6/c1-15(2)14-26-19(18-21-11-13-24(18)3)22-23-20(26)25-12-7-10-17(25)16-8-5-4-6-9-16/h4-6,8-9,11,13,17H,1,7,10,12,14H2,2-3H3. The summed E-state index contributed by atoms with van der Waals surface area (Å²) < 4.78 is 4.12. The van der Waals surface area contributed by atoms with Crippen LogP contribution in [0.2, 0.25) is 0 Å². The fraction of sp³-hybridized carbons (Fsp3) is 0.350. The predicted octanol–water partition coefficient (Wildman–Crippen LogP) is 3.60. The molecule has 134 valence electrons. The number of imidazole rings is 1. The molecular formula is C20H24N6. The van der Waals surface area contributed by atoms with E-state index in [1.165, 1.54) is 5.56 Å². The van der Waals surface area contributed by atoms with Crippen molar-refractivity contribution in [1.29, 1.82) is 0 Å². The molecule has 1 aliphatic heterocycles. The van der Waals surface area contributed by atoms with Crippen LogP contribution >= 0.6 is 0 Å². The zero-order valence-electron chi connectivity index (χ0n) is 15.3. The number of hydrogen-bond donors (Lipinski definition) is 0. The van der Waals surface area contributed by atoms with Gasteiger partial charge in [-0.1, -0.05) is 42.5 Å².